The summed E-state index contributed by atoms with van der Waals surface area (Å²) in [6, 6.07) is 0. The SMILES string of the molecule is CCC(C)SCCNCC(F)(F)F. The van der Waals surface area contributed by atoms with Crippen molar-refractivity contribution in [3.05, 3.63) is 0 Å². The van der Waals surface area contributed by atoms with Gasteiger partial charge in [-0.05, 0) is 6.42 Å². The van der Waals surface area contributed by atoms with Crippen LogP contribution in [-0.2, 0) is 0 Å². The highest BCUT2D eigenvalue weighted by Crippen LogP contribution is 2.14. The van der Waals surface area contributed by atoms with E-state index in [-0.39, 0.29) is 0 Å². The van der Waals surface area contributed by atoms with Crippen LogP contribution >= 0.6 is 11.8 Å². The van der Waals surface area contributed by atoms with Crippen molar-refractivity contribution < 1.29 is 13.2 Å². The highest BCUT2D eigenvalue weighted by molar-refractivity contribution is 7.99. The molecule has 0 aliphatic heterocycles. The summed E-state index contributed by atoms with van der Waals surface area (Å²) in [6.45, 7) is 3.69. The quantitative estimate of drug-likeness (QED) is 0.684. The monoisotopic (exact) mass is 215 g/mol. The Hall–Kier alpha value is 0.100. The lowest BCUT2D eigenvalue weighted by Crippen LogP contribution is -2.30. The maximum atomic E-state index is 11.6. The van der Waals surface area contributed by atoms with Gasteiger partial charge in [0, 0.05) is 17.5 Å². The van der Waals surface area contributed by atoms with Gasteiger partial charge < -0.3 is 5.32 Å². The number of halogens is 3. The smallest absolute Gasteiger partial charge is 0.308 e. The molecule has 0 bridgehead atoms. The Morgan fingerprint density at radius 1 is 1.38 bits per heavy atom. The fraction of sp³-hybridized carbons (Fsp3) is 1.00. The zero-order valence-electron chi connectivity index (χ0n) is 7.95. The van der Waals surface area contributed by atoms with Gasteiger partial charge in [0.25, 0.3) is 0 Å². The Kier molecular flexibility index (Phi) is 6.59. The van der Waals surface area contributed by atoms with E-state index < -0.39 is 12.7 Å². The van der Waals surface area contributed by atoms with Crippen molar-refractivity contribution in [2.45, 2.75) is 31.7 Å². The Balaban J connectivity index is 3.18. The van der Waals surface area contributed by atoms with Crippen molar-refractivity contribution in [3.63, 3.8) is 0 Å². The lowest BCUT2D eigenvalue weighted by molar-refractivity contribution is -0.124. The molecule has 0 radical (unpaired) electrons. The van der Waals surface area contributed by atoms with Gasteiger partial charge in [0.2, 0.25) is 0 Å². The van der Waals surface area contributed by atoms with Crippen LogP contribution < -0.4 is 5.32 Å². The highest BCUT2D eigenvalue weighted by atomic mass is 32.2. The molecule has 1 atom stereocenters. The summed E-state index contributed by atoms with van der Waals surface area (Å²) < 4.78 is 34.9. The van der Waals surface area contributed by atoms with Crippen molar-refractivity contribution in [1.82, 2.24) is 5.32 Å². The van der Waals surface area contributed by atoms with Crippen molar-refractivity contribution in [3.8, 4) is 0 Å². The molecule has 0 rings (SSSR count). The Morgan fingerprint density at radius 3 is 2.46 bits per heavy atom. The molecule has 0 amide bonds. The lowest BCUT2D eigenvalue weighted by atomic mass is 10.4. The molecule has 0 aromatic rings. The number of nitrogens with one attached hydrogen (secondary N) is 1. The highest BCUT2D eigenvalue weighted by Gasteiger charge is 2.25. The van der Waals surface area contributed by atoms with E-state index in [1.807, 2.05) is 0 Å². The van der Waals surface area contributed by atoms with Crippen LogP contribution in [0.5, 0.6) is 0 Å². The van der Waals surface area contributed by atoms with Crippen LogP contribution in [0.1, 0.15) is 20.3 Å². The van der Waals surface area contributed by atoms with E-state index in [2.05, 4.69) is 19.2 Å². The van der Waals surface area contributed by atoms with E-state index in [1.54, 1.807) is 11.8 Å². The van der Waals surface area contributed by atoms with E-state index >= 15 is 0 Å². The minimum atomic E-state index is -4.08. The van der Waals surface area contributed by atoms with Gasteiger partial charge in [-0.3, -0.25) is 0 Å². The van der Waals surface area contributed by atoms with E-state index in [0.29, 0.717) is 11.8 Å². The second-order valence-electron chi connectivity index (χ2n) is 2.88. The maximum absolute atomic E-state index is 11.6. The van der Waals surface area contributed by atoms with Crippen LogP contribution in [0.15, 0.2) is 0 Å². The van der Waals surface area contributed by atoms with Crippen LogP contribution in [0.4, 0.5) is 13.2 Å². The molecule has 5 heteroatoms. The summed E-state index contributed by atoms with van der Waals surface area (Å²) in [5, 5.41) is 2.89. The third-order valence-electron chi connectivity index (χ3n) is 1.58. The first-order valence-electron chi connectivity index (χ1n) is 4.34. The van der Waals surface area contributed by atoms with Crippen LogP contribution in [0, 0.1) is 0 Å². The third kappa shape index (κ3) is 10.0. The molecule has 1 nitrogen and oxygen atoms in total. The van der Waals surface area contributed by atoms with E-state index in [9.17, 15) is 13.2 Å². The Bertz CT molecular complexity index is 127. The molecule has 0 fully saturated rings. The second kappa shape index (κ2) is 6.54. The van der Waals surface area contributed by atoms with E-state index in [1.165, 1.54) is 0 Å². The molecule has 80 valence electrons. The second-order valence-corrected chi connectivity index (χ2v) is 4.43. The molecule has 0 aromatic heterocycles. The predicted molar refractivity (Wildman–Crippen MR) is 51.1 cm³/mol. The van der Waals surface area contributed by atoms with E-state index in [4.69, 9.17) is 0 Å². The van der Waals surface area contributed by atoms with E-state index in [0.717, 1.165) is 12.2 Å². The molecular weight excluding hydrogens is 199 g/mol. The largest absolute Gasteiger partial charge is 0.401 e. The molecular formula is C8H16F3NS. The van der Waals surface area contributed by atoms with Crippen LogP contribution in [-0.4, -0.2) is 30.3 Å². The first kappa shape index (κ1) is 13.1. The van der Waals surface area contributed by atoms with Gasteiger partial charge in [0.1, 0.15) is 0 Å². The zero-order valence-corrected chi connectivity index (χ0v) is 8.76. The average molecular weight is 215 g/mol. The van der Waals surface area contributed by atoms with Gasteiger partial charge >= 0.3 is 6.18 Å². The van der Waals surface area contributed by atoms with Gasteiger partial charge in [-0.1, -0.05) is 13.8 Å². The molecule has 0 aromatic carbocycles. The zero-order chi connectivity index (χ0) is 10.3. The predicted octanol–water partition coefficient (Wildman–Crippen LogP) is 2.67. The van der Waals surface area contributed by atoms with Crippen LogP contribution in [0.3, 0.4) is 0 Å². The first-order chi connectivity index (χ1) is 5.95. The van der Waals surface area contributed by atoms with Gasteiger partial charge in [-0.2, -0.15) is 24.9 Å². The Morgan fingerprint density at radius 2 is 2.00 bits per heavy atom. The molecule has 0 heterocycles. The number of rotatable bonds is 6. The normalized spacial score (nSPS) is 14.5. The minimum Gasteiger partial charge on any atom is -0.308 e. The third-order valence-corrected chi connectivity index (χ3v) is 2.92. The summed E-state index contributed by atoms with van der Waals surface area (Å²) in [6.07, 6.45) is -3.02. The molecule has 13 heavy (non-hydrogen) atoms. The van der Waals surface area contributed by atoms with Gasteiger partial charge in [-0.15, -0.1) is 0 Å². The molecule has 1 N–H and O–H groups in total. The van der Waals surface area contributed by atoms with Crippen LogP contribution in [0.25, 0.3) is 0 Å². The summed E-state index contributed by atoms with van der Waals surface area (Å²) in [5.74, 6) is 0.741. The van der Waals surface area contributed by atoms with Crippen molar-refractivity contribution in [1.29, 1.82) is 0 Å². The standard InChI is InChI=1S/C8H16F3NS/c1-3-7(2)13-5-4-12-6-8(9,10)11/h7,12H,3-6H2,1-2H3. The number of alkyl halides is 3. The van der Waals surface area contributed by atoms with Crippen molar-refractivity contribution in [2.75, 3.05) is 18.8 Å². The molecule has 0 aliphatic rings. The molecule has 0 aliphatic carbocycles. The number of hydrogen-bond acceptors (Lipinski definition) is 2. The number of thioether (sulfide) groups is 1. The van der Waals surface area contributed by atoms with Gasteiger partial charge in [0.05, 0.1) is 6.54 Å². The fourth-order valence-electron chi connectivity index (χ4n) is 0.680. The van der Waals surface area contributed by atoms with Crippen molar-refractivity contribution in [2.24, 2.45) is 0 Å². The molecule has 0 saturated carbocycles. The van der Waals surface area contributed by atoms with Crippen molar-refractivity contribution >= 4 is 11.8 Å². The van der Waals surface area contributed by atoms with Crippen LogP contribution in [0.2, 0.25) is 0 Å². The van der Waals surface area contributed by atoms with Gasteiger partial charge in [0.15, 0.2) is 0 Å². The molecule has 1 unspecified atom stereocenters. The average Bonchev–Trinajstić information content (AvgIpc) is 2.01. The first-order valence-corrected chi connectivity index (χ1v) is 5.39. The topological polar surface area (TPSA) is 12.0 Å². The fourth-order valence-corrected chi connectivity index (χ4v) is 1.58. The summed E-state index contributed by atoms with van der Waals surface area (Å²) >= 11 is 1.70. The number of hydrogen-bond donors (Lipinski definition) is 1. The lowest BCUT2D eigenvalue weighted by Gasteiger charge is -2.10. The molecule has 0 saturated heterocycles. The summed E-state index contributed by atoms with van der Waals surface area (Å²) in [4.78, 5) is 0. The molecule has 0 spiro atoms. The minimum absolute atomic E-state index is 0.425. The Labute approximate surface area is 81.5 Å². The summed E-state index contributed by atoms with van der Waals surface area (Å²) in [5.41, 5.74) is 0. The summed E-state index contributed by atoms with van der Waals surface area (Å²) in [7, 11) is 0. The van der Waals surface area contributed by atoms with Gasteiger partial charge in [-0.25, -0.2) is 0 Å². The maximum Gasteiger partial charge on any atom is 0.401 e.